The van der Waals surface area contributed by atoms with Crippen molar-refractivity contribution in [3.05, 3.63) is 94.6 Å². The van der Waals surface area contributed by atoms with Gasteiger partial charge in [-0.1, -0.05) is 52.3 Å². The van der Waals surface area contributed by atoms with Gasteiger partial charge in [-0.2, -0.15) is 0 Å². The Bertz CT molecular complexity index is 1110. The normalized spacial score (nSPS) is 10.7. The van der Waals surface area contributed by atoms with Gasteiger partial charge in [0.25, 0.3) is 5.91 Å². The lowest BCUT2D eigenvalue weighted by Gasteiger charge is -2.10. The molecule has 0 fully saturated rings. The zero-order valence-electron chi connectivity index (χ0n) is 14.4. The van der Waals surface area contributed by atoms with Crippen LogP contribution in [0.15, 0.2) is 83.5 Å². The van der Waals surface area contributed by atoms with E-state index in [9.17, 15) is 4.79 Å². The summed E-state index contributed by atoms with van der Waals surface area (Å²) in [4.78, 5) is 22.0. The van der Waals surface area contributed by atoms with E-state index >= 15 is 0 Å². The fourth-order valence-electron chi connectivity index (χ4n) is 2.93. The Labute approximate surface area is 165 Å². The monoisotopic (exact) mass is 417 g/mol. The first-order chi connectivity index (χ1) is 13.2. The maximum Gasteiger partial charge on any atom is 0.252 e. The molecule has 4 nitrogen and oxygen atoms in total. The molecule has 0 saturated heterocycles. The van der Waals surface area contributed by atoms with E-state index in [0.717, 1.165) is 26.6 Å². The van der Waals surface area contributed by atoms with Gasteiger partial charge in [0.15, 0.2) is 0 Å². The molecule has 0 aliphatic carbocycles. The number of nitrogens with one attached hydrogen (secondary N) is 1. The lowest BCUT2D eigenvalue weighted by Crippen LogP contribution is -2.23. The standard InChI is InChI=1S/C22H16BrN3O/c23-16-7-5-6-15(12-16)14-25-22(27)18-13-21(20-10-3-4-11-24-20)26-19-9-2-1-8-17(18)19/h1-13H,14H2,(H,25,27). The van der Waals surface area contributed by atoms with Crippen molar-refractivity contribution in [2.75, 3.05) is 0 Å². The van der Waals surface area contributed by atoms with E-state index in [-0.39, 0.29) is 5.91 Å². The van der Waals surface area contributed by atoms with E-state index in [4.69, 9.17) is 0 Å². The van der Waals surface area contributed by atoms with Crippen LogP contribution in [0.5, 0.6) is 0 Å². The van der Waals surface area contributed by atoms with Crippen LogP contribution in [0.2, 0.25) is 0 Å². The highest BCUT2D eigenvalue weighted by atomic mass is 79.9. The topological polar surface area (TPSA) is 54.9 Å². The van der Waals surface area contributed by atoms with Crippen LogP contribution in [0.1, 0.15) is 15.9 Å². The molecule has 0 atom stereocenters. The maximum atomic E-state index is 12.9. The number of hydrogen-bond acceptors (Lipinski definition) is 3. The summed E-state index contributed by atoms with van der Waals surface area (Å²) in [7, 11) is 0. The van der Waals surface area contributed by atoms with Crippen molar-refractivity contribution in [2.45, 2.75) is 6.54 Å². The number of carbonyl (C=O) groups is 1. The molecule has 4 aromatic rings. The van der Waals surface area contributed by atoms with Crippen LogP contribution in [0, 0.1) is 0 Å². The summed E-state index contributed by atoms with van der Waals surface area (Å²) in [5, 5.41) is 3.83. The SMILES string of the molecule is O=C(NCc1cccc(Br)c1)c1cc(-c2ccccn2)nc2ccccc12. The van der Waals surface area contributed by atoms with Gasteiger partial charge < -0.3 is 5.32 Å². The highest BCUT2D eigenvalue weighted by molar-refractivity contribution is 9.10. The molecule has 2 aromatic carbocycles. The number of benzene rings is 2. The fraction of sp³-hybridized carbons (Fsp3) is 0.0455. The van der Waals surface area contributed by atoms with Gasteiger partial charge in [-0.3, -0.25) is 9.78 Å². The van der Waals surface area contributed by atoms with Gasteiger partial charge in [-0.15, -0.1) is 0 Å². The van der Waals surface area contributed by atoms with E-state index in [2.05, 4.69) is 31.2 Å². The van der Waals surface area contributed by atoms with Crippen LogP contribution in [0.3, 0.4) is 0 Å². The molecular formula is C22H16BrN3O. The van der Waals surface area contributed by atoms with Crippen LogP contribution in [-0.2, 0) is 6.54 Å². The molecule has 1 N–H and O–H groups in total. The predicted molar refractivity (Wildman–Crippen MR) is 110 cm³/mol. The largest absolute Gasteiger partial charge is 0.348 e. The summed E-state index contributed by atoms with van der Waals surface area (Å²) in [5.74, 6) is -0.134. The second-order valence-corrected chi connectivity index (χ2v) is 7.02. The molecule has 2 heterocycles. The van der Waals surface area contributed by atoms with Crippen molar-refractivity contribution in [3.8, 4) is 11.4 Å². The van der Waals surface area contributed by atoms with Crippen LogP contribution in [0.4, 0.5) is 0 Å². The molecule has 4 rings (SSSR count). The summed E-state index contributed by atoms with van der Waals surface area (Å²) in [6, 6.07) is 23.0. The van der Waals surface area contributed by atoms with E-state index in [1.807, 2.05) is 66.7 Å². The summed E-state index contributed by atoms with van der Waals surface area (Å²) < 4.78 is 0.987. The number of halogens is 1. The van der Waals surface area contributed by atoms with Crippen molar-refractivity contribution in [1.82, 2.24) is 15.3 Å². The van der Waals surface area contributed by atoms with Crippen molar-refractivity contribution in [2.24, 2.45) is 0 Å². The highest BCUT2D eigenvalue weighted by Crippen LogP contribution is 2.23. The molecule has 27 heavy (non-hydrogen) atoms. The third kappa shape index (κ3) is 3.88. The Morgan fingerprint density at radius 3 is 2.59 bits per heavy atom. The lowest BCUT2D eigenvalue weighted by molar-refractivity contribution is 0.0952. The van der Waals surface area contributed by atoms with E-state index in [0.29, 0.717) is 17.8 Å². The summed E-state index contributed by atoms with van der Waals surface area (Å²) >= 11 is 3.45. The molecule has 132 valence electrons. The zero-order valence-corrected chi connectivity index (χ0v) is 16.0. The van der Waals surface area contributed by atoms with E-state index in [1.165, 1.54) is 0 Å². The first-order valence-corrected chi connectivity index (χ1v) is 9.34. The quantitative estimate of drug-likeness (QED) is 0.508. The number of amides is 1. The van der Waals surface area contributed by atoms with E-state index < -0.39 is 0 Å². The second kappa shape index (κ2) is 7.68. The third-order valence-corrected chi connectivity index (χ3v) is 4.72. The van der Waals surface area contributed by atoms with Gasteiger partial charge >= 0.3 is 0 Å². The molecular weight excluding hydrogens is 402 g/mol. The van der Waals surface area contributed by atoms with Crippen molar-refractivity contribution in [3.63, 3.8) is 0 Å². The van der Waals surface area contributed by atoms with Crippen molar-refractivity contribution < 1.29 is 4.79 Å². The average Bonchev–Trinajstić information content (AvgIpc) is 2.72. The molecule has 0 radical (unpaired) electrons. The number of pyridine rings is 2. The van der Waals surface area contributed by atoms with Crippen LogP contribution in [0.25, 0.3) is 22.3 Å². The number of nitrogens with zero attached hydrogens (tertiary/aromatic N) is 2. The molecule has 0 spiro atoms. The van der Waals surface area contributed by atoms with Gasteiger partial charge in [0.2, 0.25) is 0 Å². The van der Waals surface area contributed by atoms with E-state index in [1.54, 1.807) is 12.3 Å². The van der Waals surface area contributed by atoms with Gasteiger partial charge in [-0.05, 0) is 42.0 Å². The molecule has 1 amide bonds. The second-order valence-electron chi connectivity index (χ2n) is 6.10. The Morgan fingerprint density at radius 1 is 0.926 bits per heavy atom. The maximum absolute atomic E-state index is 12.9. The number of rotatable bonds is 4. The smallest absolute Gasteiger partial charge is 0.252 e. The Hall–Kier alpha value is -3.05. The minimum Gasteiger partial charge on any atom is -0.348 e. The van der Waals surface area contributed by atoms with Crippen molar-refractivity contribution >= 4 is 32.7 Å². The summed E-state index contributed by atoms with van der Waals surface area (Å²) in [5.41, 5.74) is 3.82. The van der Waals surface area contributed by atoms with Gasteiger partial charge in [0.05, 0.1) is 22.5 Å². The summed E-state index contributed by atoms with van der Waals surface area (Å²) in [6.45, 7) is 0.452. The molecule has 2 aromatic heterocycles. The number of carbonyl (C=O) groups excluding carboxylic acids is 1. The van der Waals surface area contributed by atoms with Crippen LogP contribution >= 0.6 is 15.9 Å². The number of fused-ring (bicyclic) bond motifs is 1. The first kappa shape index (κ1) is 17.4. The molecule has 0 bridgehead atoms. The van der Waals surface area contributed by atoms with Crippen LogP contribution < -0.4 is 5.32 Å². The van der Waals surface area contributed by atoms with Gasteiger partial charge in [-0.25, -0.2) is 4.98 Å². The molecule has 0 unspecified atom stereocenters. The number of hydrogen-bond donors (Lipinski definition) is 1. The Balaban J connectivity index is 1.70. The minimum absolute atomic E-state index is 0.134. The zero-order chi connectivity index (χ0) is 18.6. The minimum atomic E-state index is -0.134. The predicted octanol–water partition coefficient (Wildman–Crippen LogP) is 4.99. The Kier molecular flexibility index (Phi) is 4.94. The van der Waals surface area contributed by atoms with Crippen LogP contribution in [-0.4, -0.2) is 15.9 Å². The third-order valence-electron chi connectivity index (χ3n) is 4.23. The summed E-state index contributed by atoms with van der Waals surface area (Å²) in [6.07, 6.45) is 1.72. The molecule has 0 saturated carbocycles. The van der Waals surface area contributed by atoms with Crippen molar-refractivity contribution in [1.29, 1.82) is 0 Å². The highest BCUT2D eigenvalue weighted by Gasteiger charge is 2.14. The number of para-hydroxylation sites is 1. The molecule has 5 heteroatoms. The van der Waals surface area contributed by atoms with Gasteiger partial charge in [0.1, 0.15) is 0 Å². The first-order valence-electron chi connectivity index (χ1n) is 8.54. The lowest BCUT2D eigenvalue weighted by atomic mass is 10.1. The number of aromatic nitrogens is 2. The van der Waals surface area contributed by atoms with Gasteiger partial charge in [0, 0.05) is 22.6 Å². The Morgan fingerprint density at radius 2 is 1.78 bits per heavy atom. The average molecular weight is 418 g/mol. The molecule has 0 aliphatic heterocycles. The fourth-order valence-corrected chi connectivity index (χ4v) is 3.38. The molecule has 0 aliphatic rings.